The molecular formula is C11H13ClF3IN2O. The summed E-state index contributed by atoms with van der Waals surface area (Å²) < 4.78 is 41.0. The van der Waals surface area contributed by atoms with Gasteiger partial charge in [-0.1, -0.05) is 25.4 Å². The summed E-state index contributed by atoms with van der Waals surface area (Å²) in [7, 11) is 0. The van der Waals surface area contributed by atoms with Crippen LogP contribution in [0.5, 0.6) is 0 Å². The van der Waals surface area contributed by atoms with Gasteiger partial charge >= 0.3 is 6.18 Å². The van der Waals surface area contributed by atoms with Gasteiger partial charge in [-0.3, -0.25) is 0 Å². The molecule has 0 spiro atoms. The Labute approximate surface area is 128 Å². The highest BCUT2D eigenvalue weighted by Gasteiger charge is 2.27. The SMILES string of the molecule is CC(C)c1nc(CCOCC(F)(F)F)nc(Cl)c1I. The molecule has 1 aromatic heterocycles. The lowest BCUT2D eigenvalue weighted by Crippen LogP contribution is -2.18. The molecule has 0 N–H and O–H groups in total. The molecule has 1 aromatic rings. The minimum atomic E-state index is -4.31. The van der Waals surface area contributed by atoms with Gasteiger partial charge < -0.3 is 4.74 Å². The van der Waals surface area contributed by atoms with E-state index in [1.165, 1.54) is 0 Å². The Balaban J connectivity index is 2.64. The summed E-state index contributed by atoms with van der Waals surface area (Å²) in [5.41, 5.74) is 0.798. The molecule has 108 valence electrons. The average molecular weight is 409 g/mol. The van der Waals surface area contributed by atoms with Gasteiger partial charge in [0.2, 0.25) is 0 Å². The second kappa shape index (κ2) is 7.03. The molecule has 19 heavy (non-hydrogen) atoms. The molecule has 1 rings (SSSR count). The molecule has 0 aliphatic carbocycles. The molecule has 0 aromatic carbocycles. The van der Waals surface area contributed by atoms with Crippen molar-refractivity contribution in [3.05, 3.63) is 20.2 Å². The van der Waals surface area contributed by atoms with Crippen LogP contribution in [-0.4, -0.2) is 29.4 Å². The Kier molecular flexibility index (Phi) is 6.25. The van der Waals surface area contributed by atoms with Gasteiger partial charge in [0.25, 0.3) is 0 Å². The van der Waals surface area contributed by atoms with E-state index in [2.05, 4.69) is 37.3 Å². The van der Waals surface area contributed by atoms with Crippen LogP contribution in [0.4, 0.5) is 13.2 Å². The number of halogens is 5. The van der Waals surface area contributed by atoms with E-state index < -0.39 is 12.8 Å². The zero-order chi connectivity index (χ0) is 14.6. The summed E-state index contributed by atoms with van der Waals surface area (Å²) in [5, 5.41) is 0.324. The predicted molar refractivity (Wildman–Crippen MR) is 74.4 cm³/mol. The molecule has 3 nitrogen and oxygen atoms in total. The van der Waals surface area contributed by atoms with E-state index in [9.17, 15) is 13.2 Å². The fourth-order valence-electron chi connectivity index (χ4n) is 1.33. The van der Waals surface area contributed by atoms with Crippen LogP contribution >= 0.6 is 34.2 Å². The van der Waals surface area contributed by atoms with Crippen molar-refractivity contribution in [3.8, 4) is 0 Å². The molecule has 0 bridgehead atoms. The van der Waals surface area contributed by atoms with E-state index >= 15 is 0 Å². The van der Waals surface area contributed by atoms with Crippen LogP contribution in [0.3, 0.4) is 0 Å². The zero-order valence-electron chi connectivity index (χ0n) is 10.4. The van der Waals surface area contributed by atoms with Crippen LogP contribution in [0.2, 0.25) is 5.15 Å². The number of alkyl halides is 3. The monoisotopic (exact) mass is 408 g/mol. The van der Waals surface area contributed by atoms with E-state index in [4.69, 9.17) is 11.6 Å². The van der Waals surface area contributed by atoms with Gasteiger partial charge in [-0.25, -0.2) is 9.97 Å². The molecule has 0 saturated heterocycles. The maximum Gasteiger partial charge on any atom is 0.411 e. The number of aromatic nitrogens is 2. The second-order valence-corrected chi connectivity index (χ2v) is 5.64. The van der Waals surface area contributed by atoms with Crippen LogP contribution in [0.25, 0.3) is 0 Å². The molecule has 0 aliphatic heterocycles. The van der Waals surface area contributed by atoms with Crippen molar-refractivity contribution in [3.63, 3.8) is 0 Å². The smallest absolute Gasteiger partial charge is 0.372 e. The first kappa shape index (κ1) is 16.9. The first-order chi connectivity index (χ1) is 8.70. The third-order valence-electron chi connectivity index (χ3n) is 2.17. The fraction of sp³-hybridized carbons (Fsp3) is 0.636. The highest BCUT2D eigenvalue weighted by atomic mass is 127. The molecule has 0 amide bonds. The Bertz CT molecular complexity index is 441. The Hall–Kier alpha value is -0.150. The normalized spacial score (nSPS) is 12.2. The van der Waals surface area contributed by atoms with E-state index in [0.29, 0.717) is 11.0 Å². The van der Waals surface area contributed by atoms with Crippen LogP contribution < -0.4 is 0 Å². The lowest BCUT2D eigenvalue weighted by atomic mass is 10.1. The molecular weight excluding hydrogens is 395 g/mol. The number of nitrogens with zero attached hydrogens (tertiary/aromatic N) is 2. The lowest BCUT2D eigenvalue weighted by Gasteiger charge is -2.11. The molecule has 0 fully saturated rings. The number of rotatable bonds is 5. The zero-order valence-corrected chi connectivity index (χ0v) is 13.3. The quantitative estimate of drug-likeness (QED) is 0.420. The van der Waals surface area contributed by atoms with Gasteiger partial charge in [0, 0.05) is 6.42 Å². The second-order valence-electron chi connectivity index (χ2n) is 4.20. The van der Waals surface area contributed by atoms with Crippen molar-refractivity contribution < 1.29 is 17.9 Å². The molecule has 0 saturated carbocycles. The summed E-state index contributed by atoms with van der Waals surface area (Å²) in [6, 6.07) is 0. The van der Waals surface area contributed by atoms with Crippen LogP contribution in [0, 0.1) is 3.57 Å². The maximum absolute atomic E-state index is 11.9. The lowest BCUT2D eigenvalue weighted by molar-refractivity contribution is -0.173. The van der Waals surface area contributed by atoms with E-state index in [1.54, 1.807) is 0 Å². The highest BCUT2D eigenvalue weighted by molar-refractivity contribution is 14.1. The van der Waals surface area contributed by atoms with Gasteiger partial charge in [0.1, 0.15) is 17.6 Å². The summed E-state index contributed by atoms with van der Waals surface area (Å²) in [4.78, 5) is 8.34. The number of hydrogen-bond acceptors (Lipinski definition) is 3. The Morgan fingerprint density at radius 1 is 1.32 bits per heavy atom. The summed E-state index contributed by atoms with van der Waals surface area (Å²) in [5.74, 6) is 0.568. The van der Waals surface area contributed by atoms with Crippen molar-refractivity contribution in [2.24, 2.45) is 0 Å². The van der Waals surface area contributed by atoms with Gasteiger partial charge in [0.05, 0.1) is 15.9 Å². The molecule has 0 aliphatic rings. The van der Waals surface area contributed by atoms with Crippen molar-refractivity contribution in [1.29, 1.82) is 0 Å². The number of ether oxygens (including phenoxy) is 1. The maximum atomic E-state index is 11.9. The first-order valence-electron chi connectivity index (χ1n) is 5.57. The van der Waals surface area contributed by atoms with Crippen LogP contribution in [0.15, 0.2) is 0 Å². The molecule has 1 heterocycles. The van der Waals surface area contributed by atoms with Crippen LogP contribution in [-0.2, 0) is 11.2 Å². The van der Waals surface area contributed by atoms with Crippen molar-refractivity contribution in [1.82, 2.24) is 9.97 Å². The predicted octanol–water partition coefficient (Wildman–Crippen LogP) is 3.98. The van der Waals surface area contributed by atoms with Gasteiger partial charge in [-0.2, -0.15) is 13.2 Å². The minimum Gasteiger partial charge on any atom is -0.372 e. The first-order valence-corrected chi connectivity index (χ1v) is 7.02. The van der Waals surface area contributed by atoms with Crippen molar-refractivity contribution in [2.45, 2.75) is 32.4 Å². The van der Waals surface area contributed by atoms with Gasteiger partial charge in [-0.15, -0.1) is 0 Å². The van der Waals surface area contributed by atoms with Crippen molar-refractivity contribution >= 4 is 34.2 Å². The standard InChI is InChI=1S/C11H13ClF3IN2O/c1-6(2)9-8(16)10(12)18-7(17-9)3-4-19-5-11(13,14)15/h6H,3-5H2,1-2H3. The Morgan fingerprint density at radius 3 is 2.47 bits per heavy atom. The van der Waals surface area contributed by atoms with Crippen LogP contribution in [0.1, 0.15) is 31.3 Å². The van der Waals surface area contributed by atoms with E-state index in [0.717, 1.165) is 9.26 Å². The third-order valence-corrected chi connectivity index (χ3v) is 3.82. The average Bonchev–Trinajstić information content (AvgIpc) is 2.27. The topological polar surface area (TPSA) is 35.0 Å². The van der Waals surface area contributed by atoms with Gasteiger partial charge in [0.15, 0.2) is 0 Å². The summed E-state index contributed by atoms with van der Waals surface area (Å²) in [6.45, 7) is 2.58. The molecule has 0 unspecified atom stereocenters. The number of hydrogen-bond donors (Lipinski definition) is 0. The molecule has 8 heteroatoms. The fourth-order valence-corrected chi connectivity index (χ4v) is 2.39. The van der Waals surface area contributed by atoms with Crippen molar-refractivity contribution in [2.75, 3.05) is 13.2 Å². The highest BCUT2D eigenvalue weighted by Crippen LogP contribution is 2.25. The molecule has 0 atom stereocenters. The van der Waals surface area contributed by atoms with Gasteiger partial charge in [-0.05, 0) is 28.5 Å². The largest absolute Gasteiger partial charge is 0.411 e. The summed E-state index contributed by atoms with van der Waals surface area (Å²) in [6.07, 6.45) is -4.11. The van der Waals surface area contributed by atoms with E-state index in [1.807, 2.05) is 13.8 Å². The Morgan fingerprint density at radius 2 is 1.95 bits per heavy atom. The molecule has 0 radical (unpaired) electrons. The summed E-state index contributed by atoms with van der Waals surface area (Å²) >= 11 is 8.02. The third kappa shape index (κ3) is 5.78. The van der Waals surface area contributed by atoms with E-state index in [-0.39, 0.29) is 18.9 Å². The minimum absolute atomic E-state index is 0.0893.